The molecular formula is C12H21ClO. The topological polar surface area (TPSA) is 17.1 Å². The first-order chi connectivity index (χ1) is 6.72. The monoisotopic (exact) mass is 216 g/mol. The smallest absolute Gasteiger partial charge is 0.147 e. The van der Waals surface area contributed by atoms with Crippen molar-refractivity contribution in [3.8, 4) is 0 Å². The first-order valence-electron chi connectivity index (χ1n) is 5.52. The molecule has 0 aromatic carbocycles. The van der Waals surface area contributed by atoms with Crippen molar-refractivity contribution in [3.63, 3.8) is 0 Å². The Labute approximate surface area is 92.5 Å². The predicted molar refractivity (Wildman–Crippen MR) is 62.6 cm³/mol. The van der Waals surface area contributed by atoms with Crippen molar-refractivity contribution >= 4 is 17.9 Å². The molecule has 0 aliphatic carbocycles. The van der Waals surface area contributed by atoms with E-state index in [1.807, 2.05) is 0 Å². The van der Waals surface area contributed by atoms with Gasteiger partial charge in [-0.1, -0.05) is 50.6 Å². The number of carbonyl (C=O) groups excluding carboxylic acids is 1. The third-order valence-electron chi connectivity index (χ3n) is 2.38. The maximum absolute atomic E-state index is 10.6. The van der Waals surface area contributed by atoms with Crippen molar-refractivity contribution in [2.24, 2.45) is 0 Å². The highest BCUT2D eigenvalue weighted by atomic mass is 35.5. The highest BCUT2D eigenvalue weighted by Gasteiger charge is 1.99. The number of allylic oxidation sites excluding steroid dienone is 2. The van der Waals surface area contributed by atoms with Gasteiger partial charge in [0.05, 0.1) is 0 Å². The van der Waals surface area contributed by atoms with E-state index in [2.05, 4.69) is 6.92 Å². The van der Waals surface area contributed by atoms with Gasteiger partial charge in [0.15, 0.2) is 0 Å². The van der Waals surface area contributed by atoms with Gasteiger partial charge in [0, 0.05) is 10.6 Å². The van der Waals surface area contributed by atoms with E-state index in [-0.39, 0.29) is 0 Å². The molecule has 0 bridgehead atoms. The van der Waals surface area contributed by atoms with Crippen LogP contribution in [0.25, 0.3) is 0 Å². The van der Waals surface area contributed by atoms with Crippen LogP contribution in [0.3, 0.4) is 0 Å². The lowest BCUT2D eigenvalue weighted by Gasteiger charge is -2.01. The van der Waals surface area contributed by atoms with Gasteiger partial charge < -0.3 is 0 Å². The molecule has 0 fully saturated rings. The normalized spacial score (nSPS) is 12.5. The molecule has 0 unspecified atom stereocenters. The molecule has 0 aromatic heterocycles. The maximum Gasteiger partial charge on any atom is 0.147 e. The largest absolute Gasteiger partial charge is 0.298 e. The molecule has 0 N–H and O–H groups in total. The van der Waals surface area contributed by atoms with Crippen molar-refractivity contribution in [2.75, 3.05) is 0 Å². The zero-order valence-corrected chi connectivity index (χ0v) is 10.1. The minimum Gasteiger partial charge on any atom is -0.298 e. The second-order valence-electron chi connectivity index (χ2n) is 3.69. The van der Waals surface area contributed by atoms with Gasteiger partial charge in [-0.15, -0.1) is 0 Å². The Morgan fingerprint density at radius 3 is 2.21 bits per heavy atom. The fourth-order valence-corrected chi connectivity index (χ4v) is 1.55. The number of hydrogen-bond acceptors (Lipinski definition) is 1. The van der Waals surface area contributed by atoms with E-state index >= 15 is 0 Å². The molecule has 0 amide bonds. The molecule has 0 atom stereocenters. The summed E-state index contributed by atoms with van der Waals surface area (Å²) in [6.07, 6.45) is 9.21. The van der Waals surface area contributed by atoms with E-state index in [1.165, 1.54) is 32.1 Å². The Kier molecular flexibility index (Phi) is 9.06. The molecule has 0 radical (unpaired) electrons. The third-order valence-corrected chi connectivity index (χ3v) is 2.63. The van der Waals surface area contributed by atoms with Crippen LogP contribution >= 0.6 is 11.6 Å². The first-order valence-corrected chi connectivity index (χ1v) is 5.90. The van der Waals surface area contributed by atoms with Gasteiger partial charge in [-0.2, -0.15) is 0 Å². The molecule has 82 valence electrons. The van der Waals surface area contributed by atoms with E-state index in [9.17, 15) is 4.79 Å². The predicted octanol–water partition coefficient (Wildman–Crippen LogP) is 4.45. The lowest BCUT2D eigenvalue weighted by Crippen LogP contribution is -1.88. The zero-order chi connectivity index (χ0) is 10.8. The number of rotatable bonds is 8. The van der Waals surface area contributed by atoms with E-state index in [0.717, 1.165) is 24.7 Å². The van der Waals surface area contributed by atoms with Gasteiger partial charge in [0.25, 0.3) is 0 Å². The fourth-order valence-electron chi connectivity index (χ4n) is 1.41. The van der Waals surface area contributed by atoms with Gasteiger partial charge in [-0.05, 0) is 19.8 Å². The zero-order valence-electron chi connectivity index (χ0n) is 9.31. The second kappa shape index (κ2) is 9.26. The molecule has 0 aromatic rings. The standard InChI is InChI=1S/C12H21ClO/c1-3-4-5-6-7-8-9-12(10-14)11(2)13/h10H,3-9H2,1-2H3/b12-11+. The molecule has 0 rings (SSSR count). The molecule has 0 saturated carbocycles. The first kappa shape index (κ1) is 13.7. The van der Waals surface area contributed by atoms with Crippen molar-refractivity contribution < 1.29 is 4.79 Å². The number of unbranched alkanes of at least 4 members (excludes halogenated alkanes) is 5. The molecule has 0 heterocycles. The lowest BCUT2D eigenvalue weighted by atomic mass is 10.1. The van der Waals surface area contributed by atoms with Gasteiger partial charge >= 0.3 is 0 Å². The van der Waals surface area contributed by atoms with Crippen LogP contribution in [0.15, 0.2) is 10.6 Å². The highest BCUT2D eigenvalue weighted by Crippen LogP contribution is 2.15. The van der Waals surface area contributed by atoms with Crippen molar-refractivity contribution in [2.45, 2.75) is 58.8 Å². The Hall–Kier alpha value is -0.300. The number of carbonyl (C=O) groups is 1. The van der Waals surface area contributed by atoms with Crippen LogP contribution in [0.2, 0.25) is 0 Å². The van der Waals surface area contributed by atoms with Crippen molar-refractivity contribution in [1.29, 1.82) is 0 Å². The van der Waals surface area contributed by atoms with Crippen LogP contribution in [-0.2, 0) is 4.79 Å². The van der Waals surface area contributed by atoms with Crippen molar-refractivity contribution in [3.05, 3.63) is 10.6 Å². The summed E-state index contributed by atoms with van der Waals surface area (Å²) in [7, 11) is 0. The highest BCUT2D eigenvalue weighted by molar-refractivity contribution is 6.30. The molecule has 0 spiro atoms. The molecule has 2 heteroatoms. The summed E-state index contributed by atoms with van der Waals surface area (Å²) in [5.41, 5.74) is 0.766. The summed E-state index contributed by atoms with van der Waals surface area (Å²) < 4.78 is 0. The van der Waals surface area contributed by atoms with Crippen molar-refractivity contribution in [1.82, 2.24) is 0 Å². The summed E-state index contributed by atoms with van der Waals surface area (Å²) in [5.74, 6) is 0. The minimum absolute atomic E-state index is 0.647. The average molecular weight is 217 g/mol. The fraction of sp³-hybridized carbons (Fsp3) is 0.750. The Morgan fingerprint density at radius 2 is 1.71 bits per heavy atom. The third kappa shape index (κ3) is 7.14. The van der Waals surface area contributed by atoms with Gasteiger partial charge in [-0.25, -0.2) is 0 Å². The number of halogens is 1. The van der Waals surface area contributed by atoms with E-state index in [1.54, 1.807) is 6.92 Å². The molecule has 0 aliphatic rings. The van der Waals surface area contributed by atoms with E-state index in [0.29, 0.717) is 5.03 Å². The van der Waals surface area contributed by atoms with Crippen LogP contribution in [0.5, 0.6) is 0 Å². The van der Waals surface area contributed by atoms with Crippen LogP contribution < -0.4 is 0 Å². The van der Waals surface area contributed by atoms with Gasteiger partial charge in [-0.3, -0.25) is 4.79 Å². The van der Waals surface area contributed by atoms with E-state index in [4.69, 9.17) is 11.6 Å². The maximum atomic E-state index is 10.6. The summed E-state index contributed by atoms with van der Waals surface area (Å²) in [6.45, 7) is 3.99. The summed E-state index contributed by atoms with van der Waals surface area (Å²) >= 11 is 5.75. The van der Waals surface area contributed by atoms with Crippen LogP contribution in [0.4, 0.5) is 0 Å². The van der Waals surface area contributed by atoms with E-state index < -0.39 is 0 Å². The average Bonchev–Trinajstić information content (AvgIpc) is 2.16. The number of hydrogen-bond donors (Lipinski definition) is 0. The van der Waals surface area contributed by atoms with Gasteiger partial charge in [0.1, 0.15) is 6.29 Å². The summed E-state index contributed by atoms with van der Waals surface area (Å²) in [5, 5.41) is 0.647. The quantitative estimate of drug-likeness (QED) is 0.333. The second-order valence-corrected chi connectivity index (χ2v) is 4.26. The van der Waals surface area contributed by atoms with Crippen LogP contribution in [0, 0.1) is 0 Å². The SMILES string of the molecule is CCCCCCCC/C(C=O)=C(/C)Cl. The van der Waals surface area contributed by atoms with Gasteiger partial charge in [0.2, 0.25) is 0 Å². The molecule has 0 aliphatic heterocycles. The summed E-state index contributed by atoms with van der Waals surface area (Å²) in [6, 6.07) is 0. The molecular weight excluding hydrogens is 196 g/mol. The van der Waals surface area contributed by atoms with Crippen LogP contribution in [-0.4, -0.2) is 6.29 Å². The Balaban J connectivity index is 3.44. The van der Waals surface area contributed by atoms with Crippen LogP contribution in [0.1, 0.15) is 58.8 Å². The summed E-state index contributed by atoms with van der Waals surface area (Å²) in [4.78, 5) is 10.6. The number of aldehydes is 1. The Morgan fingerprint density at radius 1 is 1.14 bits per heavy atom. The Bertz CT molecular complexity index is 181. The lowest BCUT2D eigenvalue weighted by molar-refractivity contribution is -0.105. The molecule has 14 heavy (non-hydrogen) atoms. The molecule has 1 nitrogen and oxygen atoms in total. The minimum atomic E-state index is 0.647. The molecule has 0 saturated heterocycles.